The van der Waals surface area contributed by atoms with Crippen molar-refractivity contribution in [2.75, 3.05) is 27.7 Å². The first-order valence-electron chi connectivity index (χ1n) is 8.15. The van der Waals surface area contributed by atoms with Crippen molar-refractivity contribution < 1.29 is 14.3 Å². The van der Waals surface area contributed by atoms with Gasteiger partial charge in [-0.05, 0) is 43.2 Å². The smallest absolute Gasteiger partial charge is 0.220 e. The fourth-order valence-electron chi connectivity index (χ4n) is 2.51. The van der Waals surface area contributed by atoms with Gasteiger partial charge < -0.3 is 15.0 Å². The highest BCUT2D eigenvalue weighted by Crippen LogP contribution is 2.20. The van der Waals surface area contributed by atoms with Crippen LogP contribution in [0.2, 0.25) is 0 Å². The molecule has 6 heteroatoms. The van der Waals surface area contributed by atoms with Crippen molar-refractivity contribution in [2.45, 2.75) is 18.9 Å². The Bertz CT molecular complexity index is 681. The number of carbonyl (C=O) groups is 2. The number of nitrogens with one attached hydrogen (secondary N) is 1. The molecule has 1 heterocycles. The zero-order chi connectivity index (χ0) is 18.2. The number of likely N-dealkylation sites (N-methyl/N-ethyl adjacent to an activating group) is 1. The van der Waals surface area contributed by atoms with E-state index in [1.165, 1.54) is 11.3 Å². The summed E-state index contributed by atoms with van der Waals surface area (Å²) >= 11 is 1.41. The van der Waals surface area contributed by atoms with Crippen LogP contribution in [0.5, 0.6) is 5.75 Å². The molecule has 0 aliphatic heterocycles. The lowest BCUT2D eigenvalue weighted by Gasteiger charge is -2.25. The van der Waals surface area contributed by atoms with Crippen molar-refractivity contribution in [3.8, 4) is 5.75 Å². The first-order valence-corrected chi connectivity index (χ1v) is 9.03. The van der Waals surface area contributed by atoms with Crippen LogP contribution in [0.25, 0.3) is 0 Å². The van der Waals surface area contributed by atoms with Crippen LogP contribution in [0.1, 0.15) is 34.1 Å². The zero-order valence-electron chi connectivity index (χ0n) is 14.8. The van der Waals surface area contributed by atoms with Crippen LogP contribution >= 0.6 is 11.3 Å². The van der Waals surface area contributed by atoms with Crippen molar-refractivity contribution in [1.82, 2.24) is 10.2 Å². The maximum atomic E-state index is 12.1. The molecule has 1 N–H and O–H groups in total. The Morgan fingerprint density at radius 1 is 1.16 bits per heavy atom. The largest absolute Gasteiger partial charge is 0.497 e. The second kappa shape index (κ2) is 9.34. The molecule has 0 aliphatic rings. The molecule has 0 spiro atoms. The number of Topliss-reactive ketones (excluding diaryl/α,β-unsaturated/α-hetero) is 1. The van der Waals surface area contributed by atoms with E-state index in [0.29, 0.717) is 11.4 Å². The van der Waals surface area contributed by atoms with Crippen LogP contribution in [0.3, 0.4) is 0 Å². The number of ether oxygens (including phenoxy) is 1. The first-order chi connectivity index (χ1) is 12.0. The molecule has 0 fully saturated rings. The van der Waals surface area contributed by atoms with Gasteiger partial charge in [-0.3, -0.25) is 9.59 Å². The lowest BCUT2D eigenvalue weighted by molar-refractivity contribution is -0.121. The molecule has 0 bridgehead atoms. The van der Waals surface area contributed by atoms with Gasteiger partial charge in [-0.1, -0.05) is 18.2 Å². The predicted molar refractivity (Wildman–Crippen MR) is 100 cm³/mol. The van der Waals surface area contributed by atoms with E-state index in [-0.39, 0.29) is 30.6 Å². The minimum absolute atomic E-state index is 0.0180. The van der Waals surface area contributed by atoms with Gasteiger partial charge in [0.1, 0.15) is 5.75 Å². The zero-order valence-corrected chi connectivity index (χ0v) is 15.6. The highest BCUT2D eigenvalue weighted by atomic mass is 32.1. The van der Waals surface area contributed by atoms with Crippen molar-refractivity contribution in [2.24, 2.45) is 0 Å². The third kappa shape index (κ3) is 5.69. The summed E-state index contributed by atoms with van der Waals surface area (Å²) in [6.45, 7) is 0.491. The summed E-state index contributed by atoms with van der Waals surface area (Å²) in [4.78, 5) is 26.8. The van der Waals surface area contributed by atoms with Gasteiger partial charge in [-0.2, -0.15) is 0 Å². The third-order valence-electron chi connectivity index (χ3n) is 3.99. The molecule has 1 amide bonds. The number of ketones is 1. The molecule has 0 aliphatic carbocycles. The van der Waals surface area contributed by atoms with Crippen LogP contribution in [0.4, 0.5) is 0 Å². The van der Waals surface area contributed by atoms with Crippen LogP contribution in [0.15, 0.2) is 41.8 Å². The van der Waals surface area contributed by atoms with E-state index >= 15 is 0 Å². The van der Waals surface area contributed by atoms with Gasteiger partial charge in [0.05, 0.1) is 18.0 Å². The summed E-state index contributed by atoms with van der Waals surface area (Å²) in [6, 6.07) is 11.5. The third-order valence-corrected chi connectivity index (χ3v) is 4.90. The van der Waals surface area contributed by atoms with E-state index in [1.807, 2.05) is 49.8 Å². The molecule has 0 radical (unpaired) electrons. The van der Waals surface area contributed by atoms with Crippen molar-refractivity contribution >= 4 is 23.0 Å². The number of nitrogens with zero attached hydrogens (tertiary/aromatic N) is 1. The van der Waals surface area contributed by atoms with E-state index in [1.54, 1.807) is 13.2 Å². The average molecular weight is 360 g/mol. The number of hydrogen-bond acceptors (Lipinski definition) is 5. The average Bonchev–Trinajstić information content (AvgIpc) is 3.15. The van der Waals surface area contributed by atoms with Crippen molar-refractivity contribution in [3.63, 3.8) is 0 Å². The van der Waals surface area contributed by atoms with Gasteiger partial charge in [-0.25, -0.2) is 0 Å². The molecular formula is C19H24N2O3S. The van der Waals surface area contributed by atoms with Crippen molar-refractivity contribution in [3.05, 3.63) is 52.2 Å². The van der Waals surface area contributed by atoms with Crippen LogP contribution in [-0.2, 0) is 4.79 Å². The predicted octanol–water partition coefficient (Wildman–Crippen LogP) is 3.14. The molecule has 5 nitrogen and oxygen atoms in total. The summed E-state index contributed by atoms with van der Waals surface area (Å²) in [7, 11) is 5.58. The Balaban J connectivity index is 1.85. The molecule has 1 unspecified atom stereocenters. The summed E-state index contributed by atoms with van der Waals surface area (Å²) in [5.41, 5.74) is 1.10. The highest BCUT2D eigenvalue weighted by Gasteiger charge is 2.16. The Kier molecular flexibility index (Phi) is 7.16. The number of amides is 1. The fourth-order valence-corrected chi connectivity index (χ4v) is 3.21. The number of benzene rings is 1. The molecular weight excluding hydrogens is 336 g/mol. The van der Waals surface area contributed by atoms with Gasteiger partial charge in [0.25, 0.3) is 0 Å². The SMILES string of the molecule is COc1ccc(C(CNC(=O)CCC(=O)c2cccs2)N(C)C)cc1. The van der Waals surface area contributed by atoms with Gasteiger partial charge in [0.2, 0.25) is 5.91 Å². The molecule has 25 heavy (non-hydrogen) atoms. The molecule has 1 atom stereocenters. The normalized spacial score (nSPS) is 12.0. The monoisotopic (exact) mass is 360 g/mol. The van der Waals surface area contributed by atoms with E-state index in [0.717, 1.165) is 11.3 Å². The molecule has 0 saturated heterocycles. The molecule has 1 aromatic carbocycles. The lowest BCUT2D eigenvalue weighted by Crippen LogP contribution is -2.34. The van der Waals surface area contributed by atoms with Crippen LogP contribution < -0.4 is 10.1 Å². The van der Waals surface area contributed by atoms with Gasteiger partial charge in [-0.15, -0.1) is 11.3 Å². The standard InChI is InChI=1S/C19H24N2O3S/c1-21(2)16(14-6-8-15(24-3)9-7-14)13-20-19(23)11-10-17(22)18-5-4-12-25-18/h4-9,12,16H,10-11,13H2,1-3H3,(H,20,23). The summed E-state index contributed by atoms with van der Waals surface area (Å²) in [6.07, 6.45) is 0.445. The van der Waals surface area contributed by atoms with E-state index < -0.39 is 0 Å². The minimum Gasteiger partial charge on any atom is -0.497 e. The molecule has 2 rings (SSSR count). The second-order valence-corrected chi connectivity index (χ2v) is 6.90. The number of thiophene rings is 1. The van der Waals surface area contributed by atoms with Gasteiger partial charge in [0.15, 0.2) is 5.78 Å². The summed E-state index contributed by atoms with van der Waals surface area (Å²) in [5.74, 6) is 0.715. The van der Waals surface area contributed by atoms with E-state index in [2.05, 4.69) is 10.2 Å². The number of hydrogen-bond donors (Lipinski definition) is 1. The Labute approximate surface area is 152 Å². The minimum atomic E-state index is -0.106. The van der Waals surface area contributed by atoms with Crippen molar-refractivity contribution in [1.29, 1.82) is 0 Å². The fraction of sp³-hybridized carbons (Fsp3) is 0.368. The van der Waals surface area contributed by atoms with Crippen LogP contribution in [-0.4, -0.2) is 44.3 Å². The number of methoxy groups -OCH3 is 1. The summed E-state index contributed by atoms with van der Waals surface area (Å²) in [5, 5.41) is 4.80. The molecule has 0 saturated carbocycles. The van der Waals surface area contributed by atoms with E-state index in [9.17, 15) is 9.59 Å². The first kappa shape index (κ1) is 19.1. The van der Waals surface area contributed by atoms with E-state index in [4.69, 9.17) is 4.74 Å². The number of carbonyl (C=O) groups excluding carboxylic acids is 2. The molecule has 2 aromatic rings. The van der Waals surface area contributed by atoms with Crippen LogP contribution in [0, 0.1) is 0 Å². The number of rotatable bonds is 9. The molecule has 134 valence electrons. The Morgan fingerprint density at radius 2 is 1.88 bits per heavy atom. The summed E-state index contributed by atoms with van der Waals surface area (Å²) < 4.78 is 5.18. The maximum Gasteiger partial charge on any atom is 0.220 e. The lowest BCUT2D eigenvalue weighted by atomic mass is 10.1. The van der Waals surface area contributed by atoms with Gasteiger partial charge in [0, 0.05) is 19.4 Å². The van der Waals surface area contributed by atoms with Gasteiger partial charge >= 0.3 is 0 Å². The Morgan fingerprint density at radius 3 is 2.44 bits per heavy atom. The Hall–Kier alpha value is -2.18. The highest BCUT2D eigenvalue weighted by molar-refractivity contribution is 7.12. The molecule has 1 aromatic heterocycles. The second-order valence-electron chi connectivity index (χ2n) is 5.96. The maximum absolute atomic E-state index is 12.1. The topological polar surface area (TPSA) is 58.6 Å². The quantitative estimate of drug-likeness (QED) is 0.698.